The first kappa shape index (κ1) is 16.7. The third-order valence-corrected chi connectivity index (χ3v) is 3.75. The summed E-state index contributed by atoms with van der Waals surface area (Å²) >= 11 is 3.34. The summed E-state index contributed by atoms with van der Waals surface area (Å²) in [4.78, 5) is 25.3. The van der Waals surface area contributed by atoms with Crippen molar-refractivity contribution < 1.29 is 9.59 Å². The van der Waals surface area contributed by atoms with Crippen LogP contribution in [0.15, 0.2) is 28.7 Å². The minimum absolute atomic E-state index is 0.0380. The maximum absolute atomic E-state index is 12.0. The molecule has 0 aliphatic rings. The lowest BCUT2D eigenvalue weighted by molar-refractivity contribution is -0.130. The zero-order valence-corrected chi connectivity index (χ0v) is 13.7. The fraction of sp³-hybridized carbons (Fsp3) is 0.467. The van der Waals surface area contributed by atoms with Crippen molar-refractivity contribution in [2.75, 3.05) is 13.1 Å². The fourth-order valence-electron chi connectivity index (χ4n) is 1.93. The highest BCUT2D eigenvalue weighted by Gasteiger charge is 2.15. The summed E-state index contributed by atoms with van der Waals surface area (Å²) in [6.45, 7) is 6.60. The fourth-order valence-corrected chi connectivity index (χ4v) is 2.33. The number of rotatable bonds is 6. The zero-order valence-electron chi connectivity index (χ0n) is 12.1. The van der Waals surface area contributed by atoms with Gasteiger partial charge in [-0.05, 0) is 31.5 Å². The van der Waals surface area contributed by atoms with E-state index in [-0.39, 0.29) is 17.9 Å². The largest absolute Gasteiger partial charge is 0.350 e. The number of amides is 2. The van der Waals surface area contributed by atoms with Crippen molar-refractivity contribution in [3.63, 3.8) is 0 Å². The van der Waals surface area contributed by atoms with Gasteiger partial charge in [-0.1, -0.05) is 28.9 Å². The van der Waals surface area contributed by atoms with E-state index >= 15 is 0 Å². The van der Waals surface area contributed by atoms with Crippen LogP contribution in [0.1, 0.15) is 37.6 Å². The van der Waals surface area contributed by atoms with E-state index in [9.17, 15) is 9.59 Å². The Hall–Kier alpha value is -1.36. The summed E-state index contributed by atoms with van der Waals surface area (Å²) in [6, 6.07) is 7.41. The van der Waals surface area contributed by atoms with E-state index in [2.05, 4.69) is 21.2 Å². The molecule has 0 aliphatic heterocycles. The van der Waals surface area contributed by atoms with E-state index in [0.717, 1.165) is 10.9 Å². The molecule has 0 saturated carbocycles. The van der Waals surface area contributed by atoms with E-state index < -0.39 is 0 Å². The first-order chi connectivity index (χ1) is 9.45. The van der Waals surface area contributed by atoms with E-state index in [4.69, 9.17) is 0 Å². The molecule has 0 aliphatic carbocycles. The van der Waals surface area contributed by atoms with Crippen LogP contribution in [0.3, 0.4) is 0 Å². The van der Waals surface area contributed by atoms with Crippen molar-refractivity contribution in [3.05, 3.63) is 34.3 Å². The van der Waals surface area contributed by atoms with Crippen molar-refractivity contribution in [3.8, 4) is 0 Å². The van der Waals surface area contributed by atoms with Crippen LogP contribution in [0.4, 0.5) is 0 Å². The van der Waals surface area contributed by atoms with Crippen molar-refractivity contribution in [1.82, 2.24) is 10.2 Å². The number of halogens is 1. The summed E-state index contributed by atoms with van der Waals surface area (Å²) in [5, 5.41) is 2.84. The molecule has 5 heteroatoms. The van der Waals surface area contributed by atoms with Crippen molar-refractivity contribution in [2.24, 2.45) is 0 Å². The van der Waals surface area contributed by atoms with Crippen LogP contribution in [0.5, 0.6) is 0 Å². The number of hydrogen-bond acceptors (Lipinski definition) is 2. The molecular weight excluding hydrogens is 320 g/mol. The molecule has 2 amide bonds. The first-order valence-electron chi connectivity index (χ1n) is 6.76. The monoisotopic (exact) mass is 340 g/mol. The summed E-state index contributed by atoms with van der Waals surface area (Å²) in [7, 11) is 0. The minimum Gasteiger partial charge on any atom is -0.350 e. The van der Waals surface area contributed by atoms with Gasteiger partial charge in [-0.2, -0.15) is 0 Å². The van der Waals surface area contributed by atoms with Crippen LogP contribution in [-0.4, -0.2) is 35.8 Å². The summed E-state index contributed by atoms with van der Waals surface area (Å²) < 4.78 is 0.870. The molecule has 0 bridgehead atoms. The number of nitrogens with one attached hydrogen (secondary N) is 1. The first-order valence-corrected chi connectivity index (χ1v) is 7.56. The van der Waals surface area contributed by atoms with Gasteiger partial charge >= 0.3 is 0 Å². The Kier molecular flexibility index (Phi) is 6.71. The van der Waals surface area contributed by atoms with Gasteiger partial charge in [-0.25, -0.2) is 0 Å². The Morgan fingerprint density at radius 1 is 1.40 bits per heavy atom. The lowest BCUT2D eigenvalue weighted by atomic mass is 10.2. The van der Waals surface area contributed by atoms with Crippen LogP contribution in [0.25, 0.3) is 0 Å². The summed E-state index contributed by atoms with van der Waals surface area (Å²) in [5.41, 5.74) is 0.609. The second-order valence-electron chi connectivity index (χ2n) is 4.74. The van der Waals surface area contributed by atoms with Crippen LogP contribution < -0.4 is 5.32 Å². The second kappa shape index (κ2) is 8.04. The molecule has 1 aromatic rings. The maximum Gasteiger partial charge on any atom is 0.251 e. The average Bonchev–Trinajstić information content (AvgIpc) is 2.42. The molecule has 0 saturated heterocycles. The number of benzene rings is 1. The van der Waals surface area contributed by atoms with E-state index in [1.165, 1.54) is 0 Å². The van der Waals surface area contributed by atoms with Gasteiger partial charge in [-0.3, -0.25) is 9.59 Å². The van der Waals surface area contributed by atoms with Crippen LogP contribution in [0, 0.1) is 0 Å². The topological polar surface area (TPSA) is 49.4 Å². The van der Waals surface area contributed by atoms with Crippen molar-refractivity contribution in [2.45, 2.75) is 33.2 Å². The highest BCUT2D eigenvalue weighted by atomic mass is 79.9. The molecule has 0 radical (unpaired) electrons. The standard InChI is InChI=1S/C15H21BrN2O2/c1-4-11(2)18(12(3)19)9-8-17-15(20)13-6-5-7-14(16)10-13/h5-7,10-11H,4,8-9H2,1-3H3,(H,17,20). The second-order valence-corrected chi connectivity index (χ2v) is 5.65. The third-order valence-electron chi connectivity index (χ3n) is 3.25. The third kappa shape index (κ3) is 4.96. The van der Waals surface area contributed by atoms with Crippen LogP contribution >= 0.6 is 15.9 Å². The molecule has 0 spiro atoms. The van der Waals surface area contributed by atoms with E-state index in [1.807, 2.05) is 26.0 Å². The summed E-state index contributed by atoms with van der Waals surface area (Å²) in [6.07, 6.45) is 0.902. The predicted octanol–water partition coefficient (Wildman–Crippen LogP) is 2.83. The van der Waals surface area contributed by atoms with E-state index in [1.54, 1.807) is 24.0 Å². The Bertz CT molecular complexity index is 477. The van der Waals surface area contributed by atoms with Gasteiger partial charge in [0.1, 0.15) is 0 Å². The normalized spacial score (nSPS) is 11.8. The zero-order chi connectivity index (χ0) is 15.1. The molecule has 0 heterocycles. The molecule has 1 unspecified atom stereocenters. The molecule has 1 N–H and O–H groups in total. The average molecular weight is 341 g/mol. The molecule has 0 fully saturated rings. The molecular formula is C15H21BrN2O2. The smallest absolute Gasteiger partial charge is 0.251 e. The molecule has 1 aromatic carbocycles. The van der Waals surface area contributed by atoms with Crippen molar-refractivity contribution >= 4 is 27.7 Å². The molecule has 110 valence electrons. The number of carbonyl (C=O) groups excluding carboxylic acids is 2. The molecule has 20 heavy (non-hydrogen) atoms. The number of carbonyl (C=O) groups is 2. The Labute approximate surface area is 128 Å². The molecule has 4 nitrogen and oxygen atoms in total. The van der Waals surface area contributed by atoms with Gasteiger partial charge in [0, 0.05) is 36.1 Å². The Morgan fingerprint density at radius 2 is 2.10 bits per heavy atom. The van der Waals surface area contributed by atoms with Crippen LogP contribution in [-0.2, 0) is 4.79 Å². The SMILES string of the molecule is CCC(C)N(CCNC(=O)c1cccc(Br)c1)C(C)=O. The van der Waals surface area contributed by atoms with Gasteiger partial charge in [0.05, 0.1) is 0 Å². The van der Waals surface area contributed by atoms with Gasteiger partial charge < -0.3 is 10.2 Å². The lowest BCUT2D eigenvalue weighted by Gasteiger charge is -2.27. The lowest BCUT2D eigenvalue weighted by Crippen LogP contribution is -2.42. The highest BCUT2D eigenvalue weighted by Crippen LogP contribution is 2.11. The number of nitrogens with zero attached hydrogens (tertiary/aromatic N) is 1. The van der Waals surface area contributed by atoms with Gasteiger partial charge in [0.2, 0.25) is 5.91 Å². The Morgan fingerprint density at radius 3 is 2.65 bits per heavy atom. The van der Waals surface area contributed by atoms with Gasteiger partial charge in [0.15, 0.2) is 0 Å². The van der Waals surface area contributed by atoms with Crippen molar-refractivity contribution in [1.29, 1.82) is 0 Å². The quantitative estimate of drug-likeness (QED) is 0.865. The molecule has 1 rings (SSSR count). The predicted molar refractivity (Wildman–Crippen MR) is 83.6 cm³/mol. The highest BCUT2D eigenvalue weighted by molar-refractivity contribution is 9.10. The summed E-state index contributed by atoms with van der Waals surface area (Å²) in [5.74, 6) is -0.0880. The molecule has 1 atom stereocenters. The van der Waals surface area contributed by atoms with Crippen LogP contribution in [0.2, 0.25) is 0 Å². The van der Waals surface area contributed by atoms with Gasteiger partial charge in [0.25, 0.3) is 5.91 Å². The van der Waals surface area contributed by atoms with Gasteiger partial charge in [-0.15, -0.1) is 0 Å². The Balaban J connectivity index is 2.50. The minimum atomic E-state index is -0.126. The number of hydrogen-bond donors (Lipinski definition) is 1. The van der Waals surface area contributed by atoms with E-state index in [0.29, 0.717) is 18.7 Å². The molecule has 0 aromatic heterocycles. The maximum atomic E-state index is 12.0.